The number of anilines is 2. The van der Waals surface area contributed by atoms with Gasteiger partial charge < -0.3 is 19.8 Å². The van der Waals surface area contributed by atoms with Gasteiger partial charge in [-0.25, -0.2) is 0 Å². The molecular weight excluding hydrogens is 324 g/mol. The van der Waals surface area contributed by atoms with Crippen molar-refractivity contribution in [1.82, 2.24) is 0 Å². The van der Waals surface area contributed by atoms with Gasteiger partial charge in [-0.15, -0.1) is 0 Å². The zero-order chi connectivity index (χ0) is 14.5. The molecule has 2 rings (SSSR count). The lowest BCUT2D eigenvalue weighted by atomic mass is 10.2. The van der Waals surface area contributed by atoms with Gasteiger partial charge in [-0.3, -0.25) is 4.79 Å². The minimum absolute atomic E-state index is 0.116. The molecule has 0 fully saturated rings. The smallest absolute Gasteiger partial charge is 0.221 e. The van der Waals surface area contributed by atoms with Gasteiger partial charge in [0.1, 0.15) is 11.5 Å². The van der Waals surface area contributed by atoms with Crippen molar-refractivity contribution in [3.05, 3.63) is 40.8 Å². The maximum Gasteiger partial charge on any atom is 0.221 e. The number of methoxy groups -OCH3 is 1. The molecule has 0 saturated heterocycles. The molecule has 0 atom stereocenters. The fourth-order valence-electron chi connectivity index (χ4n) is 1.75. The molecule has 6 heteroatoms. The van der Waals surface area contributed by atoms with E-state index in [1.165, 1.54) is 6.92 Å². The van der Waals surface area contributed by atoms with Crippen LogP contribution < -0.4 is 15.4 Å². The van der Waals surface area contributed by atoms with Crippen LogP contribution in [0.1, 0.15) is 12.7 Å². The van der Waals surface area contributed by atoms with Crippen LogP contribution in [0.5, 0.6) is 5.75 Å². The average Bonchev–Trinajstić information content (AvgIpc) is 2.81. The number of rotatable bonds is 5. The Morgan fingerprint density at radius 2 is 2.20 bits per heavy atom. The molecule has 1 amide bonds. The molecule has 0 saturated carbocycles. The fraction of sp³-hybridized carbons (Fsp3) is 0.214. The highest BCUT2D eigenvalue weighted by atomic mass is 79.9. The van der Waals surface area contributed by atoms with Crippen LogP contribution in [0, 0.1) is 0 Å². The van der Waals surface area contributed by atoms with Crippen LogP contribution in [-0.2, 0) is 11.3 Å². The Bertz CT molecular complexity index is 610. The fourth-order valence-corrected chi connectivity index (χ4v) is 2.10. The van der Waals surface area contributed by atoms with Gasteiger partial charge in [0.2, 0.25) is 5.91 Å². The second-order valence-corrected chi connectivity index (χ2v) is 5.00. The summed E-state index contributed by atoms with van der Waals surface area (Å²) in [7, 11) is 1.60. The predicted octanol–water partition coefficient (Wildman–Crippen LogP) is 3.62. The zero-order valence-corrected chi connectivity index (χ0v) is 12.8. The van der Waals surface area contributed by atoms with E-state index in [-0.39, 0.29) is 5.91 Å². The van der Waals surface area contributed by atoms with Gasteiger partial charge >= 0.3 is 0 Å². The van der Waals surface area contributed by atoms with E-state index in [9.17, 15) is 4.79 Å². The molecule has 0 radical (unpaired) electrons. The zero-order valence-electron chi connectivity index (χ0n) is 11.2. The quantitative estimate of drug-likeness (QED) is 0.873. The topological polar surface area (TPSA) is 63.5 Å². The molecule has 2 N–H and O–H groups in total. The summed E-state index contributed by atoms with van der Waals surface area (Å²) in [5, 5.41) is 5.95. The van der Waals surface area contributed by atoms with E-state index in [1.807, 2.05) is 12.1 Å². The first-order chi connectivity index (χ1) is 9.60. The minimum atomic E-state index is -0.116. The molecule has 1 aromatic heterocycles. The van der Waals surface area contributed by atoms with Gasteiger partial charge in [-0.05, 0) is 40.2 Å². The predicted molar refractivity (Wildman–Crippen MR) is 81.0 cm³/mol. The number of halogens is 1. The third kappa shape index (κ3) is 3.54. The molecule has 5 nitrogen and oxygen atoms in total. The maximum atomic E-state index is 11.1. The molecule has 1 aromatic carbocycles. The lowest BCUT2D eigenvalue weighted by Crippen LogP contribution is -2.07. The van der Waals surface area contributed by atoms with Gasteiger partial charge in [0, 0.05) is 12.6 Å². The van der Waals surface area contributed by atoms with E-state index < -0.39 is 0 Å². The van der Waals surface area contributed by atoms with Crippen LogP contribution in [0.15, 0.2) is 39.4 Å². The van der Waals surface area contributed by atoms with Crippen LogP contribution in [-0.4, -0.2) is 13.0 Å². The number of benzene rings is 1. The van der Waals surface area contributed by atoms with E-state index in [0.29, 0.717) is 18.0 Å². The van der Waals surface area contributed by atoms with Crippen LogP contribution in [0.25, 0.3) is 0 Å². The highest BCUT2D eigenvalue weighted by molar-refractivity contribution is 9.10. The van der Waals surface area contributed by atoms with Crippen molar-refractivity contribution in [1.29, 1.82) is 0 Å². The molecule has 0 unspecified atom stereocenters. The molecule has 106 valence electrons. The van der Waals surface area contributed by atoms with Gasteiger partial charge in [0.15, 0.2) is 0 Å². The van der Waals surface area contributed by atoms with Crippen molar-refractivity contribution in [3.63, 3.8) is 0 Å². The Morgan fingerprint density at radius 1 is 1.40 bits per heavy atom. The number of amides is 1. The molecule has 20 heavy (non-hydrogen) atoms. The van der Waals surface area contributed by atoms with Crippen molar-refractivity contribution in [2.24, 2.45) is 0 Å². The van der Waals surface area contributed by atoms with Crippen molar-refractivity contribution in [2.75, 3.05) is 17.7 Å². The molecule has 2 aromatic rings. The van der Waals surface area contributed by atoms with Crippen molar-refractivity contribution < 1.29 is 13.9 Å². The number of carbonyl (C=O) groups excluding carboxylic acids is 1. The van der Waals surface area contributed by atoms with Gasteiger partial charge in [0.05, 0.1) is 30.1 Å². The summed E-state index contributed by atoms with van der Waals surface area (Å²) < 4.78 is 11.5. The molecule has 1 heterocycles. The normalized spacial score (nSPS) is 10.2. The Hall–Kier alpha value is -1.95. The van der Waals surface area contributed by atoms with Crippen LogP contribution >= 0.6 is 15.9 Å². The van der Waals surface area contributed by atoms with Crippen LogP contribution in [0.4, 0.5) is 11.4 Å². The van der Waals surface area contributed by atoms with Crippen molar-refractivity contribution in [2.45, 2.75) is 13.5 Å². The van der Waals surface area contributed by atoms with Gasteiger partial charge in [-0.1, -0.05) is 0 Å². The largest absolute Gasteiger partial charge is 0.495 e. The molecule has 0 aliphatic rings. The number of nitrogens with one attached hydrogen (secondary N) is 2. The van der Waals surface area contributed by atoms with Gasteiger partial charge in [0.25, 0.3) is 0 Å². The van der Waals surface area contributed by atoms with E-state index in [2.05, 4.69) is 26.6 Å². The molecular formula is C14H15BrN2O3. The Kier molecular flexibility index (Phi) is 4.68. The van der Waals surface area contributed by atoms with Crippen LogP contribution in [0.3, 0.4) is 0 Å². The summed E-state index contributed by atoms with van der Waals surface area (Å²) in [4.78, 5) is 11.1. The standard InChI is InChI=1S/C14H15BrN2O3/c1-9(18)17-10-3-4-13(19-2)12(7-10)16-8-14-11(15)5-6-20-14/h3-7,16H,8H2,1-2H3,(H,17,18). The molecule has 0 aliphatic heterocycles. The van der Waals surface area contributed by atoms with E-state index in [4.69, 9.17) is 9.15 Å². The number of carbonyl (C=O) groups is 1. The van der Waals surface area contributed by atoms with E-state index in [1.54, 1.807) is 25.5 Å². The maximum absolute atomic E-state index is 11.1. The Labute approximate surface area is 125 Å². The highest BCUT2D eigenvalue weighted by Gasteiger charge is 2.08. The summed E-state index contributed by atoms with van der Waals surface area (Å²) in [6.07, 6.45) is 1.62. The summed E-state index contributed by atoms with van der Waals surface area (Å²) in [6, 6.07) is 7.23. The number of hydrogen-bond acceptors (Lipinski definition) is 4. The lowest BCUT2D eigenvalue weighted by Gasteiger charge is -2.12. The SMILES string of the molecule is COc1ccc(NC(C)=O)cc1NCc1occc1Br. The highest BCUT2D eigenvalue weighted by Crippen LogP contribution is 2.29. The van der Waals surface area contributed by atoms with Gasteiger partial charge in [-0.2, -0.15) is 0 Å². The average molecular weight is 339 g/mol. The number of hydrogen-bond donors (Lipinski definition) is 2. The second kappa shape index (κ2) is 6.47. The molecule has 0 bridgehead atoms. The first kappa shape index (κ1) is 14.5. The monoisotopic (exact) mass is 338 g/mol. The minimum Gasteiger partial charge on any atom is -0.495 e. The van der Waals surface area contributed by atoms with Crippen molar-refractivity contribution >= 4 is 33.2 Å². The first-order valence-corrected chi connectivity index (χ1v) is 6.81. The molecule has 0 aliphatic carbocycles. The summed E-state index contributed by atoms with van der Waals surface area (Å²) >= 11 is 3.40. The van der Waals surface area contributed by atoms with E-state index >= 15 is 0 Å². The second-order valence-electron chi connectivity index (χ2n) is 4.14. The summed E-state index contributed by atoms with van der Waals surface area (Å²) in [6.45, 7) is 1.98. The van der Waals surface area contributed by atoms with Crippen LogP contribution in [0.2, 0.25) is 0 Å². The summed E-state index contributed by atoms with van der Waals surface area (Å²) in [5.74, 6) is 1.37. The number of ether oxygens (including phenoxy) is 1. The van der Waals surface area contributed by atoms with E-state index in [0.717, 1.165) is 15.9 Å². The summed E-state index contributed by atoms with van der Waals surface area (Å²) in [5.41, 5.74) is 1.49. The Balaban J connectivity index is 2.15. The number of furan rings is 1. The first-order valence-electron chi connectivity index (χ1n) is 6.01. The Morgan fingerprint density at radius 3 is 2.80 bits per heavy atom. The third-order valence-electron chi connectivity index (χ3n) is 2.65. The van der Waals surface area contributed by atoms with Crippen molar-refractivity contribution in [3.8, 4) is 5.75 Å². The lowest BCUT2D eigenvalue weighted by molar-refractivity contribution is -0.114. The third-order valence-corrected chi connectivity index (χ3v) is 3.36. The molecule has 0 spiro atoms.